The molecule has 1 fully saturated rings. The summed E-state index contributed by atoms with van der Waals surface area (Å²) in [6.45, 7) is 0.366. The SMILES string of the molecule is OCc1cc(F)cnc1N(Cc1ccco1)C1CC1. The monoisotopic (exact) mass is 262 g/mol. The first-order valence-electron chi connectivity index (χ1n) is 6.32. The molecule has 0 radical (unpaired) electrons. The molecule has 0 atom stereocenters. The van der Waals surface area contributed by atoms with Crippen molar-refractivity contribution in [3.8, 4) is 0 Å². The number of aliphatic hydroxyl groups excluding tert-OH is 1. The van der Waals surface area contributed by atoms with Gasteiger partial charge in [-0.2, -0.15) is 0 Å². The van der Waals surface area contributed by atoms with Crippen LogP contribution in [0.15, 0.2) is 35.1 Å². The molecule has 5 heteroatoms. The van der Waals surface area contributed by atoms with Crippen LogP contribution < -0.4 is 4.90 Å². The number of nitrogens with zero attached hydrogens (tertiary/aromatic N) is 2. The van der Waals surface area contributed by atoms with Crippen molar-refractivity contribution in [2.75, 3.05) is 4.90 Å². The third-order valence-electron chi connectivity index (χ3n) is 3.25. The van der Waals surface area contributed by atoms with Gasteiger partial charge in [0.1, 0.15) is 17.4 Å². The van der Waals surface area contributed by atoms with E-state index in [1.54, 1.807) is 6.26 Å². The summed E-state index contributed by atoms with van der Waals surface area (Å²) in [5.74, 6) is 1.05. The molecule has 2 aromatic rings. The van der Waals surface area contributed by atoms with Crippen LogP contribution in [0.1, 0.15) is 24.2 Å². The number of aliphatic hydroxyl groups is 1. The van der Waals surface area contributed by atoms with Gasteiger partial charge in [0.25, 0.3) is 0 Å². The van der Waals surface area contributed by atoms with E-state index in [1.165, 1.54) is 12.3 Å². The fourth-order valence-electron chi connectivity index (χ4n) is 2.18. The molecule has 1 N–H and O–H groups in total. The van der Waals surface area contributed by atoms with E-state index in [9.17, 15) is 9.50 Å². The Bertz CT molecular complexity index is 553. The van der Waals surface area contributed by atoms with Crippen LogP contribution in [-0.2, 0) is 13.2 Å². The van der Waals surface area contributed by atoms with Gasteiger partial charge in [0.2, 0.25) is 0 Å². The molecular formula is C14H15FN2O2. The van der Waals surface area contributed by atoms with E-state index in [4.69, 9.17) is 4.42 Å². The zero-order valence-electron chi connectivity index (χ0n) is 10.4. The fourth-order valence-corrected chi connectivity index (χ4v) is 2.18. The van der Waals surface area contributed by atoms with E-state index in [-0.39, 0.29) is 6.61 Å². The van der Waals surface area contributed by atoms with Gasteiger partial charge in [-0.15, -0.1) is 0 Å². The minimum absolute atomic E-state index is 0.221. The highest BCUT2D eigenvalue weighted by molar-refractivity contribution is 5.49. The van der Waals surface area contributed by atoms with Crippen LogP contribution in [0.25, 0.3) is 0 Å². The molecule has 0 saturated heterocycles. The predicted octanol–water partition coefficient (Wildman–Crippen LogP) is 2.48. The summed E-state index contributed by atoms with van der Waals surface area (Å²) < 4.78 is 18.5. The Hall–Kier alpha value is -1.88. The molecular weight excluding hydrogens is 247 g/mol. The van der Waals surface area contributed by atoms with Gasteiger partial charge in [-0.1, -0.05) is 0 Å². The standard InChI is InChI=1S/C14H15FN2O2/c15-11-6-10(9-18)14(16-7-11)17(12-3-4-12)8-13-2-1-5-19-13/h1-2,5-7,12,18H,3-4,8-9H2. The maximum atomic E-state index is 13.2. The first-order chi connectivity index (χ1) is 9.28. The smallest absolute Gasteiger partial charge is 0.142 e. The van der Waals surface area contributed by atoms with Crippen LogP contribution in [-0.4, -0.2) is 16.1 Å². The summed E-state index contributed by atoms with van der Waals surface area (Å²) in [5, 5.41) is 9.36. The van der Waals surface area contributed by atoms with Gasteiger partial charge in [0, 0.05) is 11.6 Å². The zero-order valence-corrected chi connectivity index (χ0v) is 10.4. The Morgan fingerprint density at radius 1 is 1.47 bits per heavy atom. The minimum Gasteiger partial charge on any atom is -0.467 e. The molecule has 0 aromatic carbocycles. The molecule has 100 valence electrons. The van der Waals surface area contributed by atoms with Gasteiger partial charge in [-0.3, -0.25) is 0 Å². The molecule has 2 aromatic heterocycles. The summed E-state index contributed by atoms with van der Waals surface area (Å²) in [5.41, 5.74) is 0.512. The first kappa shape index (κ1) is 12.2. The lowest BCUT2D eigenvalue weighted by atomic mass is 10.2. The van der Waals surface area contributed by atoms with Gasteiger partial charge < -0.3 is 14.4 Å². The van der Waals surface area contributed by atoms with Crippen molar-refractivity contribution in [3.63, 3.8) is 0 Å². The van der Waals surface area contributed by atoms with E-state index in [2.05, 4.69) is 9.88 Å². The van der Waals surface area contributed by atoms with E-state index in [0.29, 0.717) is 24.0 Å². The topological polar surface area (TPSA) is 49.5 Å². The number of furan rings is 1. The number of aromatic nitrogens is 1. The molecule has 0 spiro atoms. The molecule has 1 aliphatic rings. The number of hydrogen-bond donors (Lipinski definition) is 1. The molecule has 0 aliphatic heterocycles. The van der Waals surface area contributed by atoms with Crippen LogP contribution in [0.4, 0.5) is 10.2 Å². The van der Waals surface area contributed by atoms with Gasteiger partial charge in [-0.05, 0) is 31.0 Å². The Kier molecular flexibility index (Phi) is 3.21. The number of hydrogen-bond acceptors (Lipinski definition) is 4. The molecule has 0 unspecified atom stereocenters. The second kappa shape index (κ2) is 5.01. The summed E-state index contributed by atoms with van der Waals surface area (Å²) >= 11 is 0. The molecule has 19 heavy (non-hydrogen) atoms. The number of anilines is 1. The fraction of sp³-hybridized carbons (Fsp3) is 0.357. The van der Waals surface area contributed by atoms with E-state index in [0.717, 1.165) is 18.6 Å². The third kappa shape index (κ3) is 2.61. The lowest BCUT2D eigenvalue weighted by molar-refractivity contribution is 0.280. The van der Waals surface area contributed by atoms with Gasteiger partial charge in [-0.25, -0.2) is 9.37 Å². The van der Waals surface area contributed by atoms with E-state index >= 15 is 0 Å². The molecule has 0 bridgehead atoms. The lowest BCUT2D eigenvalue weighted by Gasteiger charge is -2.24. The summed E-state index contributed by atoms with van der Waals surface area (Å²) in [4.78, 5) is 6.21. The van der Waals surface area contributed by atoms with Crippen molar-refractivity contribution < 1.29 is 13.9 Å². The largest absolute Gasteiger partial charge is 0.467 e. The average molecular weight is 262 g/mol. The van der Waals surface area contributed by atoms with Crippen molar-refractivity contribution >= 4 is 5.82 Å². The Labute approximate surface area is 110 Å². The average Bonchev–Trinajstić information content (AvgIpc) is 3.13. The second-order valence-electron chi connectivity index (χ2n) is 4.73. The predicted molar refractivity (Wildman–Crippen MR) is 68.0 cm³/mol. The van der Waals surface area contributed by atoms with Crippen molar-refractivity contribution in [1.82, 2.24) is 4.98 Å². The normalized spacial score (nSPS) is 14.6. The Balaban J connectivity index is 1.91. The quantitative estimate of drug-likeness (QED) is 0.899. The minimum atomic E-state index is -0.429. The summed E-state index contributed by atoms with van der Waals surface area (Å²) in [6, 6.07) is 5.47. The molecule has 2 heterocycles. The van der Waals surface area contributed by atoms with Crippen molar-refractivity contribution in [3.05, 3.63) is 47.8 Å². The van der Waals surface area contributed by atoms with Crippen LogP contribution >= 0.6 is 0 Å². The van der Waals surface area contributed by atoms with Gasteiger partial charge >= 0.3 is 0 Å². The maximum absolute atomic E-state index is 13.2. The van der Waals surface area contributed by atoms with Crippen LogP contribution in [0.3, 0.4) is 0 Å². The molecule has 3 rings (SSSR count). The zero-order chi connectivity index (χ0) is 13.2. The van der Waals surface area contributed by atoms with Crippen LogP contribution in [0.5, 0.6) is 0 Å². The molecule has 1 saturated carbocycles. The number of pyridine rings is 1. The first-order valence-corrected chi connectivity index (χ1v) is 6.32. The van der Waals surface area contributed by atoms with Crippen molar-refractivity contribution in [2.45, 2.75) is 32.0 Å². The highest BCUT2D eigenvalue weighted by Gasteiger charge is 2.31. The number of halogens is 1. The third-order valence-corrected chi connectivity index (χ3v) is 3.25. The molecule has 1 aliphatic carbocycles. The Morgan fingerprint density at radius 3 is 2.95 bits per heavy atom. The van der Waals surface area contributed by atoms with E-state index < -0.39 is 5.82 Å². The van der Waals surface area contributed by atoms with Gasteiger partial charge in [0.05, 0.1) is 25.6 Å². The molecule has 0 amide bonds. The maximum Gasteiger partial charge on any atom is 0.142 e. The van der Waals surface area contributed by atoms with Crippen LogP contribution in [0.2, 0.25) is 0 Å². The highest BCUT2D eigenvalue weighted by Crippen LogP contribution is 2.34. The van der Waals surface area contributed by atoms with Crippen molar-refractivity contribution in [2.24, 2.45) is 0 Å². The van der Waals surface area contributed by atoms with E-state index in [1.807, 2.05) is 12.1 Å². The number of rotatable bonds is 5. The summed E-state index contributed by atoms with van der Waals surface area (Å²) in [6.07, 6.45) is 4.99. The van der Waals surface area contributed by atoms with Crippen molar-refractivity contribution in [1.29, 1.82) is 0 Å². The van der Waals surface area contributed by atoms with Gasteiger partial charge in [0.15, 0.2) is 0 Å². The highest BCUT2D eigenvalue weighted by atomic mass is 19.1. The van der Waals surface area contributed by atoms with Crippen LogP contribution in [0, 0.1) is 5.82 Å². The second-order valence-corrected chi connectivity index (χ2v) is 4.73. The molecule has 4 nitrogen and oxygen atoms in total. The Morgan fingerprint density at radius 2 is 2.32 bits per heavy atom. The lowest BCUT2D eigenvalue weighted by Crippen LogP contribution is -2.27. The summed E-state index contributed by atoms with van der Waals surface area (Å²) in [7, 11) is 0.